The van der Waals surface area contributed by atoms with Crippen LogP contribution in [-0.2, 0) is 22.4 Å². The Morgan fingerprint density at radius 1 is 1.27 bits per heavy atom. The number of hydrogen-bond acceptors (Lipinski definition) is 6. The lowest BCUT2D eigenvalue weighted by molar-refractivity contribution is -0.102. The number of hydrogen-bond donors (Lipinski definition) is 0. The van der Waals surface area contributed by atoms with Crippen LogP contribution in [0.4, 0.5) is 0 Å². The van der Waals surface area contributed by atoms with E-state index >= 15 is 0 Å². The van der Waals surface area contributed by atoms with Crippen molar-refractivity contribution in [2.45, 2.75) is 26.0 Å². The highest BCUT2D eigenvalue weighted by molar-refractivity contribution is 5.67. The van der Waals surface area contributed by atoms with E-state index in [4.69, 9.17) is 18.9 Å². The average Bonchev–Trinajstić information content (AvgIpc) is 2.67. The molecule has 1 saturated heterocycles. The van der Waals surface area contributed by atoms with Gasteiger partial charge in [-0.15, -0.1) is 0 Å². The predicted octanol–water partition coefficient (Wildman–Crippen LogP) is 1.66. The molecule has 0 unspecified atom stereocenters. The summed E-state index contributed by atoms with van der Waals surface area (Å²) in [6.45, 7) is 5.16. The van der Waals surface area contributed by atoms with Crippen LogP contribution in [0.25, 0.3) is 11.3 Å². The predicted molar refractivity (Wildman–Crippen MR) is 94.9 cm³/mol. The third-order valence-electron chi connectivity index (χ3n) is 4.56. The molecule has 1 aromatic carbocycles. The quantitative estimate of drug-likeness (QED) is 0.809. The summed E-state index contributed by atoms with van der Waals surface area (Å²) < 4.78 is 23.9. The first kappa shape index (κ1) is 17.1. The fraction of sp³-hybridized carbons (Fsp3) is 0.474. The Balaban J connectivity index is 1.60. The second-order valence-electron chi connectivity index (χ2n) is 6.29. The number of rotatable bonds is 5. The van der Waals surface area contributed by atoms with Crippen LogP contribution in [0, 0.1) is 0 Å². The molecular formula is C19H22N2O5. The molecule has 1 aromatic heterocycles. The van der Waals surface area contributed by atoms with Gasteiger partial charge in [0.25, 0.3) is 0 Å². The van der Waals surface area contributed by atoms with Crippen LogP contribution in [-0.4, -0.2) is 48.7 Å². The molecule has 2 aliphatic rings. The van der Waals surface area contributed by atoms with Gasteiger partial charge in [0, 0.05) is 18.2 Å². The molecule has 0 N–H and O–H groups in total. The van der Waals surface area contributed by atoms with Gasteiger partial charge in [0.15, 0.2) is 0 Å². The normalized spacial score (nSPS) is 18.7. The molecule has 1 atom stereocenters. The van der Waals surface area contributed by atoms with E-state index in [1.807, 2.05) is 31.2 Å². The number of aromatic nitrogens is 2. The van der Waals surface area contributed by atoms with E-state index in [0.717, 1.165) is 29.0 Å². The van der Waals surface area contributed by atoms with E-state index in [-0.39, 0.29) is 11.8 Å². The summed E-state index contributed by atoms with van der Waals surface area (Å²) in [7, 11) is 0. The van der Waals surface area contributed by atoms with Crippen molar-refractivity contribution in [1.29, 1.82) is 0 Å². The smallest absolute Gasteiger partial charge is 0.351 e. The van der Waals surface area contributed by atoms with Gasteiger partial charge in [0.2, 0.25) is 5.88 Å². The maximum Gasteiger partial charge on any atom is 0.351 e. The van der Waals surface area contributed by atoms with Crippen LogP contribution in [0.1, 0.15) is 12.5 Å². The number of aryl methyl sites for hydroxylation is 1. The van der Waals surface area contributed by atoms with Gasteiger partial charge < -0.3 is 18.9 Å². The molecule has 2 aromatic rings. The highest BCUT2D eigenvalue weighted by Gasteiger charge is 2.21. The molecule has 4 rings (SSSR count). The van der Waals surface area contributed by atoms with Gasteiger partial charge >= 0.3 is 5.69 Å². The molecule has 138 valence electrons. The van der Waals surface area contributed by atoms with Gasteiger partial charge in [0.1, 0.15) is 18.5 Å². The fourth-order valence-electron chi connectivity index (χ4n) is 3.32. The summed E-state index contributed by atoms with van der Waals surface area (Å²) in [5.74, 6) is 1.17. The topological polar surface area (TPSA) is 71.8 Å². The highest BCUT2D eigenvalue weighted by atomic mass is 16.6. The van der Waals surface area contributed by atoms with E-state index in [1.165, 1.54) is 0 Å². The van der Waals surface area contributed by atoms with Crippen molar-refractivity contribution in [1.82, 2.24) is 9.55 Å². The molecule has 0 amide bonds. The summed E-state index contributed by atoms with van der Waals surface area (Å²) in [4.78, 5) is 16.5. The SMILES string of the molecule is CCOc1ccc2c(c1)CCn1c-2cc(OC[C@@H]2COCCO2)nc1=O. The second kappa shape index (κ2) is 7.47. The van der Waals surface area contributed by atoms with E-state index < -0.39 is 0 Å². The van der Waals surface area contributed by atoms with Crippen molar-refractivity contribution in [2.24, 2.45) is 0 Å². The third-order valence-corrected chi connectivity index (χ3v) is 4.56. The second-order valence-corrected chi connectivity index (χ2v) is 6.29. The van der Waals surface area contributed by atoms with Crippen LogP contribution < -0.4 is 15.2 Å². The lowest BCUT2D eigenvalue weighted by atomic mass is 9.97. The molecule has 3 heterocycles. The molecule has 0 aliphatic carbocycles. The zero-order valence-corrected chi connectivity index (χ0v) is 14.8. The Hall–Kier alpha value is -2.38. The number of benzene rings is 1. The van der Waals surface area contributed by atoms with Crippen molar-refractivity contribution in [2.75, 3.05) is 33.0 Å². The summed E-state index contributed by atoms with van der Waals surface area (Å²) in [6, 6.07) is 7.79. The molecule has 0 radical (unpaired) electrons. The average molecular weight is 358 g/mol. The Bertz CT molecular complexity index is 842. The van der Waals surface area contributed by atoms with Gasteiger partial charge in [-0.05, 0) is 37.1 Å². The molecule has 0 spiro atoms. The van der Waals surface area contributed by atoms with Crippen LogP contribution in [0.3, 0.4) is 0 Å². The van der Waals surface area contributed by atoms with Gasteiger partial charge in [-0.25, -0.2) is 4.79 Å². The van der Waals surface area contributed by atoms with Crippen molar-refractivity contribution in [3.63, 3.8) is 0 Å². The molecular weight excluding hydrogens is 336 g/mol. The van der Waals surface area contributed by atoms with Crippen LogP contribution in [0.5, 0.6) is 11.6 Å². The third kappa shape index (κ3) is 3.45. The first-order valence-electron chi connectivity index (χ1n) is 8.94. The van der Waals surface area contributed by atoms with Crippen LogP contribution in [0.2, 0.25) is 0 Å². The molecule has 0 saturated carbocycles. The van der Waals surface area contributed by atoms with Crippen molar-refractivity contribution < 1.29 is 18.9 Å². The monoisotopic (exact) mass is 358 g/mol. The Morgan fingerprint density at radius 3 is 3.00 bits per heavy atom. The van der Waals surface area contributed by atoms with E-state index in [0.29, 0.717) is 45.5 Å². The maximum absolute atomic E-state index is 12.4. The number of nitrogens with zero attached hydrogens (tertiary/aromatic N) is 2. The number of fused-ring (bicyclic) bond motifs is 3. The summed E-state index contributed by atoms with van der Waals surface area (Å²) >= 11 is 0. The summed E-state index contributed by atoms with van der Waals surface area (Å²) in [5.41, 5.74) is 2.71. The summed E-state index contributed by atoms with van der Waals surface area (Å²) in [5, 5.41) is 0. The summed E-state index contributed by atoms with van der Waals surface area (Å²) in [6.07, 6.45) is 0.642. The Kier molecular flexibility index (Phi) is 4.90. The molecule has 7 nitrogen and oxygen atoms in total. The standard InChI is InChI=1S/C19H22N2O5/c1-2-24-14-3-4-16-13(9-14)5-6-21-17(16)10-18(20-19(21)22)26-12-15-11-23-7-8-25-15/h3-4,9-10,15H,2,5-8,11-12H2,1H3/t15-/m0/s1. The van der Waals surface area contributed by atoms with Gasteiger partial charge in [-0.3, -0.25) is 4.57 Å². The van der Waals surface area contributed by atoms with Crippen molar-refractivity contribution >= 4 is 0 Å². The lowest BCUT2D eigenvalue weighted by Crippen LogP contribution is -2.34. The minimum atomic E-state index is -0.294. The molecule has 26 heavy (non-hydrogen) atoms. The fourth-order valence-corrected chi connectivity index (χ4v) is 3.32. The zero-order valence-electron chi connectivity index (χ0n) is 14.8. The van der Waals surface area contributed by atoms with E-state index in [9.17, 15) is 4.79 Å². The molecule has 2 aliphatic heterocycles. The van der Waals surface area contributed by atoms with Crippen molar-refractivity contribution in [3.8, 4) is 22.9 Å². The Morgan fingerprint density at radius 2 is 2.19 bits per heavy atom. The van der Waals surface area contributed by atoms with E-state index in [1.54, 1.807) is 4.57 Å². The maximum atomic E-state index is 12.4. The zero-order chi connectivity index (χ0) is 17.9. The van der Waals surface area contributed by atoms with E-state index in [2.05, 4.69) is 4.98 Å². The van der Waals surface area contributed by atoms with Crippen LogP contribution in [0.15, 0.2) is 29.1 Å². The van der Waals surface area contributed by atoms with Crippen LogP contribution >= 0.6 is 0 Å². The highest BCUT2D eigenvalue weighted by Crippen LogP contribution is 2.32. The van der Waals surface area contributed by atoms with Gasteiger partial charge in [-0.2, -0.15) is 4.98 Å². The lowest BCUT2D eigenvalue weighted by Gasteiger charge is -2.24. The van der Waals surface area contributed by atoms with Crippen molar-refractivity contribution in [3.05, 3.63) is 40.3 Å². The molecule has 0 bridgehead atoms. The molecule has 7 heteroatoms. The van der Waals surface area contributed by atoms with Gasteiger partial charge in [0.05, 0.1) is 32.1 Å². The van der Waals surface area contributed by atoms with Gasteiger partial charge in [-0.1, -0.05) is 0 Å². The number of ether oxygens (including phenoxy) is 4. The largest absolute Gasteiger partial charge is 0.494 e. The Labute approximate surface area is 151 Å². The first-order valence-corrected chi connectivity index (χ1v) is 8.94. The minimum Gasteiger partial charge on any atom is -0.494 e. The molecule has 1 fully saturated rings. The first-order chi connectivity index (χ1) is 12.7. The minimum absolute atomic E-state index is 0.134.